The predicted molar refractivity (Wildman–Crippen MR) is 81.3 cm³/mol. The average Bonchev–Trinajstić information content (AvgIpc) is 3.24. The second kappa shape index (κ2) is 5.37. The van der Waals surface area contributed by atoms with Crippen molar-refractivity contribution in [2.24, 2.45) is 11.8 Å². The first-order valence-corrected chi connectivity index (χ1v) is 8.61. The zero-order valence-corrected chi connectivity index (χ0v) is 13.1. The van der Waals surface area contributed by atoms with Crippen molar-refractivity contribution in [3.05, 3.63) is 0 Å². The standard InChI is InChI=1S/C17H32N2/c1-13(2)16-11-18-17(3,14-9-10-14)12-19(16)15-7-5-4-6-8-15/h13-16,18H,4-12H2,1-3H3. The van der Waals surface area contributed by atoms with Crippen LogP contribution in [0, 0.1) is 11.8 Å². The van der Waals surface area contributed by atoms with Gasteiger partial charge in [-0.2, -0.15) is 0 Å². The normalized spacial score (nSPS) is 38.8. The number of nitrogens with one attached hydrogen (secondary N) is 1. The zero-order valence-electron chi connectivity index (χ0n) is 13.1. The molecule has 0 bridgehead atoms. The molecule has 0 amide bonds. The molecule has 2 aliphatic carbocycles. The van der Waals surface area contributed by atoms with Crippen LogP contribution in [0.3, 0.4) is 0 Å². The first-order chi connectivity index (χ1) is 9.10. The van der Waals surface area contributed by atoms with Crippen LogP contribution in [-0.2, 0) is 0 Å². The lowest BCUT2D eigenvalue weighted by molar-refractivity contribution is 0.00614. The molecule has 3 rings (SSSR count). The van der Waals surface area contributed by atoms with Crippen LogP contribution in [0.2, 0.25) is 0 Å². The van der Waals surface area contributed by atoms with Crippen molar-refractivity contribution in [1.82, 2.24) is 10.2 Å². The van der Waals surface area contributed by atoms with E-state index in [4.69, 9.17) is 0 Å². The number of nitrogens with zero attached hydrogens (tertiary/aromatic N) is 1. The van der Waals surface area contributed by atoms with Crippen molar-refractivity contribution < 1.29 is 0 Å². The summed E-state index contributed by atoms with van der Waals surface area (Å²) in [5.74, 6) is 1.73. The van der Waals surface area contributed by atoms with Gasteiger partial charge in [0.2, 0.25) is 0 Å². The maximum atomic E-state index is 3.92. The highest BCUT2D eigenvalue weighted by Gasteiger charge is 2.47. The van der Waals surface area contributed by atoms with Crippen LogP contribution in [0.15, 0.2) is 0 Å². The van der Waals surface area contributed by atoms with Gasteiger partial charge in [-0.25, -0.2) is 0 Å². The van der Waals surface area contributed by atoms with Gasteiger partial charge in [-0.05, 0) is 44.4 Å². The Morgan fingerprint density at radius 1 is 1.05 bits per heavy atom. The van der Waals surface area contributed by atoms with E-state index < -0.39 is 0 Å². The first kappa shape index (κ1) is 13.9. The molecule has 1 heterocycles. The molecule has 19 heavy (non-hydrogen) atoms. The summed E-state index contributed by atoms with van der Waals surface area (Å²) in [7, 11) is 0. The van der Waals surface area contributed by atoms with Gasteiger partial charge in [0.15, 0.2) is 0 Å². The quantitative estimate of drug-likeness (QED) is 0.840. The molecule has 0 spiro atoms. The lowest BCUT2D eigenvalue weighted by Gasteiger charge is -2.52. The Kier molecular flexibility index (Phi) is 3.92. The fourth-order valence-corrected chi connectivity index (χ4v) is 4.43. The molecule has 2 unspecified atom stereocenters. The van der Waals surface area contributed by atoms with E-state index in [2.05, 4.69) is 31.0 Å². The van der Waals surface area contributed by atoms with Gasteiger partial charge in [0.25, 0.3) is 0 Å². The van der Waals surface area contributed by atoms with Crippen LogP contribution in [0.5, 0.6) is 0 Å². The van der Waals surface area contributed by atoms with E-state index in [1.807, 2.05) is 0 Å². The topological polar surface area (TPSA) is 15.3 Å². The Morgan fingerprint density at radius 2 is 1.74 bits per heavy atom. The van der Waals surface area contributed by atoms with E-state index >= 15 is 0 Å². The third kappa shape index (κ3) is 2.85. The zero-order chi connectivity index (χ0) is 13.5. The van der Waals surface area contributed by atoms with E-state index in [0.29, 0.717) is 5.54 Å². The van der Waals surface area contributed by atoms with Crippen LogP contribution < -0.4 is 5.32 Å². The highest BCUT2D eigenvalue weighted by Crippen LogP contribution is 2.43. The fraction of sp³-hybridized carbons (Fsp3) is 1.00. The van der Waals surface area contributed by atoms with Gasteiger partial charge in [0.1, 0.15) is 0 Å². The lowest BCUT2D eigenvalue weighted by Crippen LogP contribution is -2.67. The van der Waals surface area contributed by atoms with Crippen molar-refractivity contribution >= 4 is 0 Å². The minimum Gasteiger partial charge on any atom is -0.308 e. The Bertz CT molecular complexity index is 304. The van der Waals surface area contributed by atoms with Crippen LogP contribution in [0.25, 0.3) is 0 Å². The second-order valence-electron chi connectivity index (χ2n) is 7.85. The third-order valence-corrected chi connectivity index (χ3v) is 5.94. The fourth-order valence-electron chi connectivity index (χ4n) is 4.43. The Morgan fingerprint density at radius 3 is 2.32 bits per heavy atom. The Labute approximate surface area is 119 Å². The molecule has 1 aliphatic heterocycles. The molecule has 110 valence electrons. The maximum absolute atomic E-state index is 3.92. The molecule has 0 aromatic rings. The molecule has 2 saturated carbocycles. The molecule has 1 N–H and O–H groups in total. The van der Waals surface area contributed by atoms with Crippen molar-refractivity contribution in [1.29, 1.82) is 0 Å². The van der Waals surface area contributed by atoms with E-state index in [1.165, 1.54) is 58.0 Å². The van der Waals surface area contributed by atoms with Gasteiger partial charge in [-0.1, -0.05) is 33.1 Å². The van der Waals surface area contributed by atoms with Gasteiger partial charge in [-0.3, -0.25) is 4.90 Å². The maximum Gasteiger partial charge on any atom is 0.0309 e. The minimum atomic E-state index is 0.406. The Balaban J connectivity index is 1.73. The first-order valence-electron chi connectivity index (χ1n) is 8.61. The number of hydrogen-bond acceptors (Lipinski definition) is 2. The smallest absolute Gasteiger partial charge is 0.0309 e. The highest BCUT2D eigenvalue weighted by molar-refractivity contribution is 5.05. The third-order valence-electron chi connectivity index (χ3n) is 5.94. The van der Waals surface area contributed by atoms with Crippen LogP contribution >= 0.6 is 0 Å². The summed E-state index contributed by atoms with van der Waals surface area (Å²) in [5.41, 5.74) is 0.406. The van der Waals surface area contributed by atoms with Crippen molar-refractivity contribution in [2.75, 3.05) is 13.1 Å². The molecule has 0 radical (unpaired) electrons. The van der Waals surface area contributed by atoms with Gasteiger partial charge < -0.3 is 5.32 Å². The summed E-state index contributed by atoms with van der Waals surface area (Å²) in [6.07, 6.45) is 10.2. The molecule has 2 atom stereocenters. The summed E-state index contributed by atoms with van der Waals surface area (Å²) in [4.78, 5) is 2.92. The predicted octanol–water partition coefficient (Wildman–Crippen LogP) is 3.42. The molecule has 0 aromatic carbocycles. The van der Waals surface area contributed by atoms with Gasteiger partial charge in [0, 0.05) is 30.7 Å². The summed E-state index contributed by atoms with van der Waals surface area (Å²) in [6.45, 7) is 9.80. The van der Waals surface area contributed by atoms with Crippen LogP contribution in [0.1, 0.15) is 65.7 Å². The molecule has 2 nitrogen and oxygen atoms in total. The van der Waals surface area contributed by atoms with Crippen molar-refractivity contribution in [3.63, 3.8) is 0 Å². The highest BCUT2D eigenvalue weighted by atomic mass is 15.3. The van der Waals surface area contributed by atoms with Crippen molar-refractivity contribution in [2.45, 2.75) is 83.3 Å². The van der Waals surface area contributed by atoms with E-state index in [0.717, 1.165) is 23.9 Å². The summed E-state index contributed by atoms with van der Waals surface area (Å²) < 4.78 is 0. The van der Waals surface area contributed by atoms with E-state index in [1.54, 1.807) is 0 Å². The molecule has 1 saturated heterocycles. The van der Waals surface area contributed by atoms with E-state index in [-0.39, 0.29) is 0 Å². The Hall–Kier alpha value is -0.0800. The molecular weight excluding hydrogens is 232 g/mol. The molecule has 3 aliphatic rings. The molecule has 3 fully saturated rings. The number of hydrogen-bond donors (Lipinski definition) is 1. The number of piperazine rings is 1. The van der Waals surface area contributed by atoms with Crippen LogP contribution in [-0.4, -0.2) is 35.6 Å². The monoisotopic (exact) mass is 264 g/mol. The van der Waals surface area contributed by atoms with Gasteiger partial charge in [0.05, 0.1) is 0 Å². The average molecular weight is 264 g/mol. The van der Waals surface area contributed by atoms with E-state index in [9.17, 15) is 0 Å². The van der Waals surface area contributed by atoms with Gasteiger partial charge >= 0.3 is 0 Å². The van der Waals surface area contributed by atoms with Crippen LogP contribution in [0.4, 0.5) is 0 Å². The largest absolute Gasteiger partial charge is 0.308 e. The SMILES string of the molecule is CC(C)C1CNC(C)(C2CC2)CN1C1CCCCC1. The summed E-state index contributed by atoms with van der Waals surface area (Å²) in [6, 6.07) is 1.64. The molecule has 0 aromatic heterocycles. The van der Waals surface area contributed by atoms with Crippen molar-refractivity contribution in [3.8, 4) is 0 Å². The summed E-state index contributed by atoms with van der Waals surface area (Å²) >= 11 is 0. The molecular formula is C17H32N2. The lowest BCUT2D eigenvalue weighted by atomic mass is 9.84. The second-order valence-corrected chi connectivity index (χ2v) is 7.85. The summed E-state index contributed by atoms with van der Waals surface area (Å²) in [5, 5.41) is 3.92. The van der Waals surface area contributed by atoms with Gasteiger partial charge in [-0.15, -0.1) is 0 Å². The minimum absolute atomic E-state index is 0.406. The molecule has 2 heteroatoms. The number of rotatable bonds is 3.